The highest BCUT2D eigenvalue weighted by Gasteiger charge is 2.28. The normalized spacial score (nSPS) is 15.5. The van der Waals surface area contributed by atoms with Crippen LogP contribution in [0.1, 0.15) is 22.8 Å². The Labute approximate surface area is 157 Å². The lowest BCUT2D eigenvalue weighted by atomic mass is 9.99. The molecule has 27 heavy (non-hydrogen) atoms. The summed E-state index contributed by atoms with van der Waals surface area (Å²) in [6.07, 6.45) is 0.333. The van der Waals surface area contributed by atoms with Gasteiger partial charge in [0.15, 0.2) is 0 Å². The van der Waals surface area contributed by atoms with Gasteiger partial charge in [-0.25, -0.2) is 8.78 Å². The molecular weight excluding hydrogens is 350 g/mol. The Balaban J connectivity index is 1.57. The van der Waals surface area contributed by atoms with Gasteiger partial charge in [-0.3, -0.25) is 9.59 Å². The lowest BCUT2D eigenvalue weighted by Gasteiger charge is -2.36. The van der Waals surface area contributed by atoms with E-state index < -0.39 is 5.82 Å². The third-order valence-corrected chi connectivity index (χ3v) is 4.89. The van der Waals surface area contributed by atoms with E-state index in [1.165, 1.54) is 18.2 Å². The predicted molar refractivity (Wildman–Crippen MR) is 98.2 cm³/mol. The van der Waals surface area contributed by atoms with Gasteiger partial charge in [0, 0.05) is 32.1 Å². The van der Waals surface area contributed by atoms with Crippen molar-refractivity contribution in [2.24, 2.45) is 5.92 Å². The van der Waals surface area contributed by atoms with Crippen LogP contribution in [0.4, 0.5) is 8.78 Å². The van der Waals surface area contributed by atoms with Crippen LogP contribution in [0.2, 0.25) is 0 Å². The van der Waals surface area contributed by atoms with Gasteiger partial charge in [0.1, 0.15) is 11.6 Å². The molecule has 1 fully saturated rings. The molecule has 0 aromatic heterocycles. The average molecular weight is 372 g/mol. The number of carbonyl (C=O) groups is 2. The Morgan fingerprint density at radius 2 is 1.44 bits per heavy atom. The van der Waals surface area contributed by atoms with Crippen molar-refractivity contribution in [1.82, 2.24) is 9.80 Å². The summed E-state index contributed by atoms with van der Waals surface area (Å²) in [6.45, 7) is 3.27. The van der Waals surface area contributed by atoms with Gasteiger partial charge in [-0.15, -0.1) is 0 Å². The zero-order valence-electron chi connectivity index (χ0n) is 15.2. The minimum absolute atomic E-state index is 0.0465. The first-order valence-electron chi connectivity index (χ1n) is 9.03. The van der Waals surface area contributed by atoms with E-state index >= 15 is 0 Å². The van der Waals surface area contributed by atoms with E-state index in [0.717, 1.165) is 0 Å². The minimum Gasteiger partial charge on any atom is -0.339 e. The Bertz CT molecular complexity index is 832. The van der Waals surface area contributed by atoms with Gasteiger partial charge in [-0.2, -0.15) is 0 Å². The minimum atomic E-state index is -0.542. The summed E-state index contributed by atoms with van der Waals surface area (Å²) in [5.41, 5.74) is 0.567. The van der Waals surface area contributed by atoms with Gasteiger partial charge in [-0.1, -0.05) is 37.3 Å². The lowest BCUT2D eigenvalue weighted by Crippen LogP contribution is -2.52. The van der Waals surface area contributed by atoms with Crippen molar-refractivity contribution < 1.29 is 18.4 Å². The highest BCUT2D eigenvalue weighted by Crippen LogP contribution is 2.17. The zero-order valence-corrected chi connectivity index (χ0v) is 15.2. The molecular formula is C21H22F2N2O2. The van der Waals surface area contributed by atoms with Crippen molar-refractivity contribution >= 4 is 11.8 Å². The fourth-order valence-electron chi connectivity index (χ4n) is 3.33. The van der Waals surface area contributed by atoms with Crippen molar-refractivity contribution in [1.29, 1.82) is 0 Å². The predicted octanol–water partition coefficient (Wildman–Crippen LogP) is 3.13. The second-order valence-electron chi connectivity index (χ2n) is 6.79. The Morgan fingerprint density at radius 1 is 0.889 bits per heavy atom. The van der Waals surface area contributed by atoms with E-state index in [-0.39, 0.29) is 29.1 Å². The van der Waals surface area contributed by atoms with E-state index in [0.29, 0.717) is 38.2 Å². The summed E-state index contributed by atoms with van der Waals surface area (Å²) in [5, 5.41) is 0. The van der Waals surface area contributed by atoms with Gasteiger partial charge < -0.3 is 9.80 Å². The van der Waals surface area contributed by atoms with Crippen molar-refractivity contribution in [3.63, 3.8) is 0 Å². The molecule has 2 aromatic carbocycles. The number of halogens is 2. The SMILES string of the molecule is CC(Cc1ccccc1F)C(=O)N1CCN(C(=O)c2ccccc2F)CC1. The third kappa shape index (κ3) is 4.32. The molecule has 0 spiro atoms. The second kappa shape index (κ2) is 8.29. The molecule has 1 unspecified atom stereocenters. The molecule has 1 aliphatic rings. The molecule has 0 radical (unpaired) electrons. The first-order chi connectivity index (χ1) is 13.0. The van der Waals surface area contributed by atoms with E-state index in [4.69, 9.17) is 0 Å². The van der Waals surface area contributed by atoms with E-state index in [1.54, 1.807) is 47.1 Å². The zero-order chi connectivity index (χ0) is 19.4. The molecule has 142 valence electrons. The molecule has 2 amide bonds. The quantitative estimate of drug-likeness (QED) is 0.827. The Morgan fingerprint density at radius 3 is 2.07 bits per heavy atom. The van der Waals surface area contributed by atoms with Crippen LogP contribution in [0, 0.1) is 17.6 Å². The van der Waals surface area contributed by atoms with Crippen molar-refractivity contribution in [3.8, 4) is 0 Å². The van der Waals surface area contributed by atoms with E-state index in [1.807, 2.05) is 0 Å². The van der Waals surface area contributed by atoms with Crippen LogP contribution in [0.15, 0.2) is 48.5 Å². The summed E-state index contributed by atoms with van der Waals surface area (Å²) in [4.78, 5) is 28.4. The van der Waals surface area contributed by atoms with Crippen LogP contribution in [0.3, 0.4) is 0 Å². The number of rotatable bonds is 4. The van der Waals surface area contributed by atoms with Gasteiger partial charge in [-0.05, 0) is 30.2 Å². The van der Waals surface area contributed by atoms with E-state index in [2.05, 4.69) is 0 Å². The fourth-order valence-corrected chi connectivity index (χ4v) is 3.33. The highest BCUT2D eigenvalue weighted by atomic mass is 19.1. The molecule has 1 heterocycles. The number of benzene rings is 2. The highest BCUT2D eigenvalue weighted by molar-refractivity contribution is 5.94. The average Bonchev–Trinajstić information content (AvgIpc) is 2.69. The molecule has 3 rings (SSSR count). The standard InChI is InChI=1S/C21H22F2N2O2/c1-15(14-16-6-2-4-8-18(16)22)20(26)24-10-12-25(13-11-24)21(27)17-7-3-5-9-19(17)23/h2-9,15H,10-14H2,1H3. The Hall–Kier alpha value is -2.76. The largest absolute Gasteiger partial charge is 0.339 e. The monoisotopic (exact) mass is 372 g/mol. The van der Waals surface area contributed by atoms with Crippen molar-refractivity contribution in [3.05, 3.63) is 71.3 Å². The number of amides is 2. The lowest BCUT2D eigenvalue weighted by molar-refractivity contribution is -0.136. The maximum atomic E-state index is 13.8. The van der Waals surface area contributed by atoms with Gasteiger partial charge in [0.2, 0.25) is 5.91 Å². The molecule has 0 N–H and O–H groups in total. The molecule has 2 aromatic rings. The molecule has 1 saturated heterocycles. The molecule has 1 atom stereocenters. The number of hydrogen-bond donors (Lipinski definition) is 0. The van der Waals surface area contributed by atoms with Gasteiger partial charge >= 0.3 is 0 Å². The maximum Gasteiger partial charge on any atom is 0.256 e. The van der Waals surface area contributed by atoms with Gasteiger partial charge in [0.25, 0.3) is 5.91 Å². The number of hydrogen-bond acceptors (Lipinski definition) is 2. The maximum absolute atomic E-state index is 13.8. The third-order valence-electron chi connectivity index (χ3n) is 4.89. The van der Waals surface area contributed by atoms with Crippen LogP contribution in [-0.4, -0.2) is 47.8 Å². The molecule has 0 aliphatic carbocycles. The molecule has 0 saturated carbocycles. The second-order valence-corrected chi connectivity index (χ2v) is 6.79. The van der Waals surface area contributed by atoms with E-state index in [9.17, 15) is 18.4 Å². The fraction of sp³-hybridized carbons (Fsp3) is 0.333. The smallest absolute Gasteiger partial charge is 0.256 e. The summed E-state index contributed by atoms with van der Waals surface area (Å²) in [6, 6.07) is 12.3. The Kier molecular flexibility index (Phi) is 5.84. The number of piperazine rings is 1. The first kappa shape index (κ1) is 19.0. The summed E-state index contributed by atoms with van der Waals surface area (Å²) >= 11 is 0. The number of carbonyl (C=O) groups excluding carboxylic acids is 2. The van der Waals surface area contributed by atoms with Crippen molar-refractivity contribution in [2.45, 2.75) is 13.3 Å². The topological polar surface area (TPSA) is 40.6 Å². The summed E-state index contributed by atoms with van der Waals surface area (Å²) < 4.78 is 27.6. The van der Waals surface area contributed by atoms with Crippen LogP contribution in [-0.2, 0) is 11.2 Å². The van der Waals surface area contributed by atoms with Gasteiger partial charge in [0.05, 0.1) is 5.56 Å². The van der Waals surface area contributed by atoms with Crippen LogP contribution in [0.25, 0.3) is 0 Å². The van der Waals surface area contributed by atoms with Crippen molar-refractivity contribution in [2.75, 3.05) is 26.2 Å². The molecule has 0 bridgehead atoms. The molecule has 6 heteroatoms. The van der Waals surface area contributed by atoms with Crippen LogP contribution < -0.4 is 0 Å². The number of nitrogens with zero attached hydrogens (tertiary/aromatic N) is 2. The van der Waals surface area contributed by atoms with Crippen LogP contribution in [0.5, 0.6) is 0 Å². The molecule has 1 aliphatic heterocycles. The first-order valence-corrected chi connectivity index (χ1v) is 9.03. The summed E-state index contributed by atoms with van der Waals surface area (Å²) in [7, 11) is 0. The molecule has 4 nitrogen and oxygen atoms in total. The summed E-state index contributed by atoms with van der Waals surface area (Å²) in [5.74, 6) is -1.62. The van der Waals surface area contributed by atoms with Crippen LogP contribution >= 0.6 is 0 Å².